The van der Waals surface area contributed by atoms with Gasteiger partial charge in [0.25, 0.3) is 0 Å². The van der Waals surface area contributed by atoms with Gasteiger partial charge < -0.3 is 24.8 Å². The van der Waals surface area contributed by atoms with E-state index in [1.807, 2.05) is 6.07 Å². The van der Waals surface area contributed by atoms with E-state index in [9.17, 15) is 24.0 Å². The SMILES string of the molecule is COC(=O)C(C(=O)OC)[C@H](C)[C@@H](NC(=O)[C@@H](Cc1ccccc1)NC(C)=O)C(=O)OC. The number of rotatable bonds is 10. The minimum absolute atomic E-state index is 0.159. The average molecular weight is 436 g/mol. The maximum Gasteiger partial charge on any atom is 0.328 e. The van der Waals surface area contributed by atoms with Crippen LogP contribution in [0.5, 0.6) is 0 Å². The molecule has 2 amide bonds. The lowest BCUT2D eigenvalue weighted by molar-refractivity contribution is -0.163. The van der Waals surface area contributed by atoms with Gasteiger partial charge in [-0.2, -0.15) is 0 Å². The largest absolute Gasteiger partial charge is 0.468 e. The van der Waals surface area contributed by atoms with Crippen molar-refractivity contribution in [2.75, 3.05) is 21.3 Å². The zero-order valence-corrected chi connectivity index (χ0v) is 18.2. The third kappa shape index (κ3) is 7.40. The number of hydrogen-bond donors (Lipinski definition) is 2. The molecule has 0 fully saturated rings. The fraction of sp³-hybridized carbons (Fsp3) is 0.476. The van der Waals surface area contributed by atoms with Crippen molar-refractivity contribution in [3.8, 4) is 0 Å². The molecule has 0 bridgehead atoms. The van der Waals surface area contributed by atoms with Crippen molar-refractivity contribution in [2.45, 2.75) is 32.4 Å². The topological polar surface area (TPSA) is 137 Å². The van der Waals surface area contributed by atoms with Gasteiger partial charge in [0.15, 0.2) is 5.92 Å². The van der Waals surface area contributed by atoms with Gasteiger partial charge in [0, 0.05) is 19.3 Å². The molecule has 31 heavy (non-hydrogen) atoms. The molecule has 0 heterocycles. The second kappa shape index (κ2) is 12.3. The van der Waals surface area contributed by atoms with Crippen LogP contribution in [0.1, 0.15) is 19.4 Å². The summed E-state index contributed by atoms with van der Waals surface area (Å²) in [6.45, 7) is 2.67. The molecule has 0 unspecified atom stereocenters. The Morgan fingerprint density at radius 1 is 0.839 bits per heavy atom. The first-order valence-corrected chi connectivity index (χ1v) is 9.51. The van der Waals surface area contributed by atoms with Crippen molar-refractivity contribution in [2.24, 2.45) is 11.8 Å². The highest BCUT2D eigenvalue weighted by atomic mass is 16.5. The van der Waals surface area contributed by atoms with Gasteiger partial charge in [-0.25, -0.2) is 4.79 Å². The van der Waals surface area contributed by atoms with E-state index >= 15 is 0 Å². The maximum atomic E-state index is 13.0. The fourth-order valence-electron chi connectivity index (χ4n) is 3.06. The Kier molecular flexibility index (Phi) is 10.2. The number of benzene rings is 1. The summed E-state index contributed by atoms with van der Waals surface area (Å²) < 4.78 is 14.0. The van der Waals surface area contributed by atoms with Gasteiger partial charge in [-0.1, -0.05) is 37.3 Å². The lowest BCUT2D eigenvalue weighted by atomic mass is 9.87. The molecular formula is C21H28N2O8. The van der Waals surface area contributed by atoms with Crippen LogP contribution >= 0.6 is 0 Å². The van der Waals surface area contributed by atoms with Crippen molar-refractivity contribution >= 4 is 29.7 Å². The second-order valence-corrected chi connectivity index (χ2v) is 6.84. The molecule has 1 aromatic carbocycles. The van der Waals surface area contributed by atoms with Crippen molar-refractivity contribution in [3.05, 3.63) is 35.9 Å². The smallest absolute Gasteiger partial charge is 0.328 e. The van der Waals surface area contributed by atoms with Gasteiger partial charge in [0.05, 0.1) is 21.3 Å². The second-order valence-electron chi connectivity index (χ2n) is 6.84. The predicted octanol–water partition coefficient (Wildman–Crippen LogP) is -0.0101. The molecule has 0 aliphatic heterocycles. The Balaban J connectivity index is 3.17. The molecule has 1 rings (SSSR count). The van der Waals surface area contributed by atoms with E-state index in [4.69, 9.17) is 4.74 Å². The first-order chi connectivity index (χ1) is 14.7. The summed E-state index contributed by atoms with van der Waals surface area (Å²) in [4.78, 5) is 61.2. The molecule has 0 aliphatic carbocycles. The zero-order chi connectivity index (χ0) is 23.6. The number of ether oxygens (including phenoxy) is 3. The van der Waals surface area contributed by atoms with Crippen LogP contribution in [0, 0.1) is 11.8 Å². The summed E-state index contributed by atoms with van der Waals surface area (Å²) in [5.41, 5.74) is 0.779. The summed E-state index contributed by atoms with van der Waals surface area (Å²) in [5.74, 6) is -6.40. The molecule has 10 heteroatoms. The Morgan fingerprint density at radius 3 is 1.81 bits per heavy atom. The normalized spacial score (nSPS) is 13.4. The standard InChI is InChI=1S/C21H28N2O8/c1-12(16(19(26)29-3)20(27)30-4)17(21(28)31-5)23-18(25)15(22-13(2)24)11-14-9-7-6-8-10-14/h6-10,12,15-17H,11H2,1-5H3,(H,22,24)(H,23,25)/t12-,15+,17+/m0/s1. The average Bonchev–Trinajstić information content (AvgIpc) is 2.76. The van der Waals surface area contributed by atoms with Crippen molar-refractivity contribution in [1.29, 1.82) is 0 Å². The summed E-state index contributed by atoms with van der Waals surface area (Å²) in [6.07, 6.45) is 0.159. The van der Waals surface area contributed by atoms with Gasteiger partial charge >= 0.3 is 17.9 Å². The number of esters is 3. The number of carbonyl (C=O) groups excluding carboxylic acids is 5. The van der Waals surface area contributed by atoms with Crippen LogP contribution in [-0.4, -0.2) is 63.1 Å². The van der Waals surface area contributed by atoms with Crippen molar-refractivity contribution < 1.29 is 38.2 Å². The Hall–Kier alpha value is -3.43. The molecule has 0 saturated heterocycles. The van der Waals surface area contributed by atoms with E-state index in [0.29, 0.717) is 0 Å². The lowest BCUT2D eigenvalue weighted by Crippen LogP contribution is -2.56. The first-order valence-electron chi connectivity index (χ1n) is 9.51. The van der Waals surface area contributed by atoms with Gasteiger partial charge in [-0.3, -0.25) is 19.2 Å². The number of amides is 2. The third-order valence-corrected chi connectivity index (χ3v) is 4.69. The Morgan fingerprint density at radius 2 is 1.35 bits per heavy atom. The molecule has 0 radical (unpaired) electrons. The minimum atomic E-state index is -1.48. The Bertz CT molecular complexity index is 780. The van der Waals surface area contributed by atoms with Gasteiger partial charge in [-0.15, -0.1) is 0 Å². The van der Waals surface area contributed by atoms with Gasteiger partial charge in [0.1, 0.15) is 12.1 Å². The predicted molar refractivity (Wildman–Crippen MR) is 108 cm³/mol. The molecule has 0 spiro atoms. The highest BCUT2D eigenvalue weighted by molar-refractivity contribution is 5.97. The van der Waals surface area contributed by atoms with Crippen LogP contribution in [0.25, 0.3) is 0 Å². The lowest BCUT2D eigenvalue weighted by Gasteiger charge is -2.28. The van der Waals surface area contributed by atoms with Crippen LogP contribution in [0.3, 0.4) is 0 Å². The zero-order valence-electron chi connectivity index (χ0n) is 18.2. The number of methoxy groups -OCH3 is 3. The van der Waals surface area contributed by atoms with Gasteiger partial charge in [-0.05, 0) is 5.56 Å². The fourth-order valence-corrected chi connectivity index (χ4v) is 3.06. The summed E-state index contributed by atoms with van der Waals surface area (Å²) in [7, 11) is 3.28. The van der Waals surface area contributed by atoms with E-state index in [1.54, 1.807) is 24.3 Å². The van der Waals surface area contributed by atoms with Gasteiger partial charge in [0.2, 0.25) is 11.8 Å². The third-order valence-electron chi connectivity index (χ3n) is 4.69. The van der Waals surface area contributed by atoms with Crippen LogP contribution < -0.4 is 10.6 Å². The molecule has 0 aliphatic rings. The number of hydrogen-bond acceptors (Lipinski definition) is 8. The molecule has 1 aromatic rings. The number of carbonyl (C=O) groups is 5. The van der Waals surface area contributed by atoms with E-state index in [2.05, 4.69) is 20.1 Å². The van der Waals surface area contributed by atoms with E-state index < -0.39 is 53.6 Å². The monoisotopic (exact) mass is 436 g/mol. The van der Waals surface area contributed by atoms with Crippen molar-refractivity contribution in [1.82, 2.24) is 10.6 Å². The van der Waals surface area contributed by atoms with E-state index in [-0.39, 0.29) is 6.42 Å². The molecular weight excluding hydrogens is 408 g/mol. The maximum absolute atomic E-state index is 13.0. The minimum Gasteiger partial charge on any atom is -0.468 e. The number of nitrogens with one attached hydrogen (secondary N) is 2. The summed E-state index contributed by atoms with van der Waals surface area (Å²) in [6, 6.07) is 6.57. The first kappa shape index (κ1) is 25.6. The highest BCUT2D eigenvalue weighted by Crippen LogP contribution is 2.21. The van der Waals surface area contributed by atoms with Crippen LogP contribution in [-0.2, 0) is 44.6 Å². The summed E-state index contributed by atoms with van der Waals surface area (Å²) >= 11 is 0. The van der Waals surface area contributed by atoms with Crippen molar-refractivity contribution in [3.63, 3.8) is 0 Å². The Labute approximate surface area is 180 Å². The molecule has 170 valence electrons. The van der Waals surface area contributed by atoms with E-state index in [1.165, 1.54) is 13.8 Å². The van der Waals surface area contributed by atoms with Crippen LogP contribution in [0.2, 0.25) is 0 Å². The summed E-state index contributed by atoms with van der Waals surface area (Å²) in [5, 5.41) is 5.03. The quantitative estimate of drug-likeness (QED) is 0.297. The van der Waals surface area contributed by atoms with Crippen LogP contribution in [0.15, 0.2) is 30.3 Å². The van der Waals surface area contributed by atoms with E-state index in [0.717, 1.165) is 26.9 Å². The molecule has 2 N–H and O–H groups in total. The van der Waals surface area contributed by atoms with Crippen LogP contribution in [0.4, 0.5) is 0 Å². The molecule has 0 aromatic heterocycles. The highest BCUT2D eigenvalue weighted by Gasteiger charge is 2.43. The molecule has 0 saturated carbocycles. The molecule has 3 atom stereocenters. The molecule has 10 nitrogen and oxygen atoms in total.